The van der Waals surface area contributed by atoms with Gasteiger partial charge in [0.2, 0.25) is 0 Å². The number of halogens is 3. The van der Waals surface area contributed by atoms with Crippen LogP contribution in [0.5, 0.6) is 0 Å². The van der Waals surface area contributed by atoms with E-state index >= 15 is 0 Å². The minimum Gasteiger partial charge on any atom is -0.336 e. The maximum Gasteiger partial charge on any atom is 0.408 e. The number of carbonyl (C=O) groups excluding carboxylic acids is 1. The average molecular weight is 366 g/mol. The van der Waals surface area contributed by atoms with Crippen LogP contribution in [0.1, 0.15) is 20.8 Å². The number of rotatable bonds is 3. The predicted molar refractivity (Wildman–Crippen MR) is 88.1 cm³/mol. The van der Waals surface area contributed by atoms with Crippen LogP contribution in [0.2, 0.25) is 0 Å². The van der Waals surface area contributed by atoms with Crippen LogP contribution in [0.4, 0.5) is 13.2 Å². The van der Waals surface area contributed by atoms with E-state index in [-0.39, 0.29) is 0 Å². The number of aromatic nitrogens is 4. The Bertz CT molecular complexity index is 951. The fourth-order valence-electron chi connectivity index (χ4n) is 2.23. The molecule has 0 bridgehead atoms. The van der Waals surface area contributed by atoms with Crippen LogP contribution in [0.3, 0.4) is 0 Å². The minimum absolute atomic E-state index is 0.411. The van der Waals surface area contributed by atoms with Crippen LogP contribution in [-0.4, -0.2) is 31.6 Å². The lowest BCUT2D eigenvalue weighted by Gasteiger charge is -2.16. The van der Waals surface area contributed by atoms with Gasteiger partial charge in [0.15, 0.2) is 0 Å². The fraction of sp³-hybridized carbons (Fsp3) is 0.353. The molecule has 6 nitrogen and oxygen atoms in total. The second kappa shape index (κ2) is 6.15. The van der Waals surface area contributed by atoms with Gasteiger partial charge in [0.05, 0.1) is 22.8 Å². The second-order valence-electron chi connectivity index (χ2n) is 6.94. The molecular formula is C17H17F3N4O2. The zero-order valence-corrected chi connectivity index (χ0v) is 14.4. The molecule has 9 heteroatoms. The van der Waals surface area contributed by atoms with Gasteiger partial charge in [-0.25, -0.2) is 4.79 Å². The molecule has 0 fully saturated rings. The summed E-state index contributed by atoms with van der Waals surface area (Å²) in [5, 5.41) is 4.45. The van der Waals surface area contributed by atoms with Gasteiger partial charge in [-0.2, -0.15) is 23.0 Å². The Morgan fingerprint density at radius 2 is 1.96 bits per heavy atom. The average Bonchev–Trinajstić information content (AvgIpc) is 3.11. The Labute approximate surface area is 147 Å². The molecule has 0 amide bonds. The first-order chi connectivity index (χ1) is 12.0. The lowest BCUT2D eigenvalue weighted by molar-refractivity contribution is -0.152. The van der Waals surface area contributed by atoms with Gasteiger partial charge in [-0.05, 0) is 32.9 Å². The Morgan fingerprint density at radius 3 is 2.62 bits per heavy atom. The highest BCUT2D eigenvalue weighted by Crippen LogP contribution is 2.24. The fourth-order valence-corrected chi connectivity index (χ4v) is 2.23. The number of pyridine rings is 1. The summed E-state index contributed by atoms with van der Waals surface area (Å²) < 4.78 is 39.5. The molecule has 0 spiro atoms. The summed E-state index contributed by atoms with van der Waals surface area (Å²) in [7, 11) is 0. The van der Waals surface area contributed by atoms with Gasteiger partial charge in [-0.3, -0.25) is 9.67 Å². The summed E-state index contributed by atoms with van der Waals surface area (Å²) >= 11 is 0. The normalized spacial score (nSPS) is 12.5. The van der Waals surface area contributed by atoms with E-state index in [2.05, 4.69) is 10.1 Å². The van der Waals surface area contributed by atoms with Crippen LogP contribution in [-0.2, 0) is 11.3 Å². The third kappa shape index (κ3) is 3.87. The van der Waals surface area contributed by atoms with Gasteiger partial charge in [-0.15, -0.1) is 0 Å². The van der Waals surface area contributed by atoms with Crippen molar-refractivity contribution in [2.75, 3.05) is 0 Å². The lowest BCUT2D eigenvalue weighted by atomic mass is 9.98. The van der Waals surface area contributed by atoms with Crippen molar-refractivity contribution in [3.63, 3.8) is 0 Å². The molecule has 3 aromatic heterocycles. The molecule has 3 heterocycles. The number of nitrogens with zero attached hydrogens (tertiary/aromatic N) is 4. The van der Waals surface area contributed by atoms with E-state index in [0.717, 1.165) is 10.1 Å². The van der Waals surface area contributed by atoms with Crippen LogP contribution in [0.25, 0.3) is 22.2 Å². The highest BCUT2D eigenvalue weighted by atomic mass is 19.4. The molecule has 0 N–H and O–H groups in total. The largest absolute Gasteiger partial charge is 0.408 e. The van der Waals surface area contributed by atoms with Crippen LogP contribution in [0.15, 0.2) is 36.9 Å². The van der Waals surface area contributed by atoms with Crippen molar-refractivity contribution < 1.29 is 22.8 Å². The quantitative estimate of drug-likeness (QED) is 0.712. The van der Waals surface area contributed by atoms with Crippen molar-refractivity contribution in [2.45, 2.75) is 33.5 Å². The van der Waals surface area contributed by atoms with Gasteiger partial charge in [-0.1, -0.05) is 0 Å². The van der Waals surface area contributed by atoms with E-state index in [1.807, 2.05) is 0 Å². The molecule has 3 rings (SSSR count). The smallest absolute Gasteiger partial charge is 0.336 e. The van der Waals surface area contributed by atoms with Gasteiger partial charge >= 0.3 is 12.1 Å². The third-order valence-electron chi connectivity index (χ3n) is 3.60. The van der Waals surface area contributed by atoms with Crippen LogP contribution < -0.4 is 4.84 Å². The van der Waals surface area contributed by atoms with Gasteiger partial charge < -0.3 is 4.84 Å². The summed E-state index contributed by atoms with van der Waals surface area (Å²) in [6.45, 7) is 4.05. The zero-order chi connectivity index (χ0) is 19.1. The Kier molecular flexibility index (Phi) is 4.25. The van der Waals surface area contributed by atoms with Crippen molar-refractivity contribution in [3.05, 3.63) is 36.9 Å². The van der Waals surface area contributed by atoms with E-state index in [1.54, 1.807) is 45.3 Å². The first-order valence-corrected chi connectivity index (χ1v) is 7.82. The summed E-state index contributed by atoms with van der Waals surface area (Å²) in [5.74, 6) is -0.411. The number of hydrogen-bond donors (Lipinski definition) is 0. The standard InChI is InChI=1S/C17H17F3N4O2/c1-16(2,3)15(25)26-24-5-4-11-7-21-13(6-14(11)24)12-8-22-23(9-12)10-17(18,19)20/h4-9H,10H2,1-3H3. The maximum absolute atomic E-state index is 12.5. The molecule has 0 aliphatic heterocycles. The number of alkyl halides is 3. The highest BCUT2D eigenvalue weighted by molar-refractivity contribution is 5.84. The predicted octanol–water partition coefficient (Wildman–Crippen LogP) is 3.46. The van der Waals surface area contributed by atoms with Gasteiger partial charge in [0, 0.05) is 29.5 Å². The molecule has 0 aliphatic rings. The second-order valence-corrected chi connectivity index (χ2v) is 6.94. The van der Waals surface area contributed by atoms with Crippen molar-refractivity contribution in [1.82, 2.24) is 19.5 Å². The topological polar surface area (TPSA) is 61.9 Å². The van der Waals surface area contributed by atoms with Crippen LogP contribution >= 0.6 is 0 Å². The molecule has 0 atom stereocenters. The molecule has 0 aliphatic carbocycles. The highest BCUT2D eigenvalue weighted by Gasteiger charge is 2.28. The SMILES string of the molecule is CC(C)(C)C(=O)On1ccc2cnc(-c3cnn(CC(F)(F)F)c3)cc21. The molecular weight excluding hydrogens is 349 g/mol. The van der Waals surface area contributed by atoms with Gasteiger partial charge in [0.25, 0.3) is 0 Å². The molecule has 0 saturated carbocycles. The van der Waals surface area contributed by atoms with E-state index in [0.29, 0.717) is 16.8 Å². The van der Waals surface area contributed by atoms with E-state index in [4.69, 9.17) is 4.84 Å². The molecule has 0 aromatic carbocycles. The van der Waals surface area contributed by atoms with Crippen molar-refractivity contribution >= 4 is 16.9 Å². The summed E-state index contributed by atoms with van der Waals surface area (Å²) in [5.41, 5.74) is 0.769. The van der Waals surface area contributed by atoms with Gasteiger partial charge in [0.1, 0.15) is 6.54 Å². The lowest BCUT2D eigenvalue weighted by Crippen LogP contribution is -2.30. The minimum atomic E-state index is -4.35. The first-order valence-electron chi connectivity index (χ1n) is 7.82. The monoisotopic (exact) mass is 366 g/mol. The Morgan fingerprint density at radius 1 is 1.23 bits per heavy atom. The number of carbonyl (C=O) groups is 1. The van der Waals surface area contributed by atoms with E-state index < -0.39 is 24.1 Å². The summed E-state index contributed by atoms with van der Waals surface area (Å²) in [4.78, 5) is 21.7. The molecule has 0 saturated heterocycles. The third-order valence-corrected chi connectivity index (χ3v) is 3.60. The Balaban J connectivity index is 1.92. The van der Waals surface area contributed by atoms with Crippen molar-refractivity contribution in [3.8, 4) is 11.3 Å². The number of hydrogen-bond acceptors (Lipinski definition) is 4. The Hall–Kier alpha value is -2.84. The number of fused-ring (bicyclic) bond motifs is 1. The summed E-state index contributed by atoms with van der Waals surface area (Å²) in [6.07, 6.45) is 1.39. The molecule has 3 aromatic rings. The molecule has 0 unspecified atom stereocenters. The van der Waals surface area contributed by atoms with E-state index in [1.165, 1.54) is 17.1 Å². The molecule has 0 radical (unpaired) electrons. The van der Waals surface area contributed by atoms with Crippen molar-refractivity contribution in [1.29, 1.82) is 0 Å². The summed E-state index contributed by atoms with van der Waals surface area (Å²) in [6, 6.07) is 3.37. The molecule has 26 heavy (non-hydrogen) atoms. The maximum atomic E-state index is 12.5. The van der Waals surface area contributed by atoms with Crippen molar-refractivity contribution in [2.24, 2.45) is 5.41 Å². The zero-order valence-electron chi connectivity index (χ0n) is 14.4. The first kappa shape index (κ1) is 18.0. The molecule has 138 valence electrons. The van der Waals surface area contributed by atoms with Crippen LogP contribution in [0, 0.1) is 5.41 Å². The van der Waals surface area contributed by atoms with E-state index in [9.17, 15) is 18.0 Å².